The number of thiophene rings is 1. The molecule has 128 valence electrons. The van der Waals surface area contributed by atoms with E-state index in [1.54, 1.807) is 23.3 Å². The number of rotatable bonds is 5. The van der Waals surface area contributed by atoms with E-state index in [4.69, 9.17) is 4.74 Å². The highest BCUT2D eigenvalue weighted by atomic mass is 32.1. The second-order valence-corrected chi connectivity index (χ2v) is 7.36. The number of aliphatic hydroxyl groups excluding tert-OH is 1. The number of aliphatic hydroxyl groups is 1. The van der Waals surface area contributed by atoms with Gasteiger partial charge in [-0.2, -0.15) is 11.3 Å². The Labute approximate surface area is 144 Å². The van der Waals surface area contributed by atoms with Gasteiger partial charge in [-0.3, -0.25) is 4.90 Å². The molecule has 2 atom stereocenters. The zero-order valence-corrected chi connectivity index (χ0v) is 14.2. The normalized spacial score (nSPS) is 28.5. The van der Waals surface area contributed by atoms with Crippen LogP contribution in [0.15, 0.2) is 35.5 Å². The van der Waals surface area contributed by atoms with E-state index < -0.39 is 11.5 Å². The molecule has 2 aromatic heterocycles. The summed E-state index contributed by atoms with van der Waals surface area (Å²) in [5.74, 6) is 0.0285. The Kier molecular flexibility index (Phi) is 4.15. The average Bonchev–Trinajstić information content (AvgIpc) is 3.32. The van der Waals surface area contributed by atoms with E-state index >= 15 is 0 Å². The number of ether oxygens (including phenoxy) is 1. The number of nitrogens with zero attached hydrogens (tertiary/aromatic N) is 3. The third kappa shape index (κ3) is 2.47. The average molecular weight is 347 g/mol. The lowest BCUT2D eigenvalue weighted by molar-refractivity contribution is -0.169. The predicted molar refractivity (Wildman–Crippen MR) is 89.8 cm³/mol. The lowest BCUT2D eigenvalue weighted by Gasteiger charge is -2.45. The van der Waals surface area contributed by atoms with Crippen molar-refractivity contribution in [3.63, 3.8) is 0 Å². The smallest absolute Gasteiger partial charge is 0.339 e. The summed E-state index contributed by atoms with van der Waals surface area (Å²) in [6.07, 6.45) is 6.93. The molecular formula is C17H21N3O3S. The summed E-state index contributed by atoms with van der Waals surface area (Å²) < 4.78 is 7.60. The van der Waals surface area contributed by atoms with Gasteiger partial charge in [-0.1, -0.05) is 0 Å². The monoisotopic (exact) mass is 347 g/mol. The van der Waals surface area contributed by atoms with Gasteiger partial charge in [0.25, 0.3) is 0 Å². The number of esters is 1. The summed E-state index contributed by atoms with van der Waals surface area (Å²) >= 11 is 1.49. The minimum Gasteiger partial charge on any atom is -0.459 e. The molecule has 0 aromatic carbocycles. The van der Waals surface area contributed by atoms with Crippen LogP contribution in [0.4, 0.5) is 0 Å². The molecule has 1 N–H and O–H groups in total. The standard InChI is InChI=1S/C17H21N3O3S/c21-11-17(14-3-8-24-10-14,20-7-4-18-12-20)16(22)23-15-9-19-5-1-13(15)2-6-19/h3-4,7-8,10,12-13,15,21H,1-2,5-6,9,11H2. The summed E-state index contributed by atoms with van der Waals surface area (Å²) in [6, 6.07) is 1.86. The molecule has 7 heteroatoms. The van der Waals surface area contributed by atoms with Crippen molar-refractivity contribution in [2.24, 2.45) is 5.92 Å². The summed E-state index contributed by atoms with van der Waals surface area (Å²) in [4.78, 5) is 19.6. The molecule has 3 aliphatic heterocycles. The highest BCUT2D eigenvalue weighted by Gasteiger charge is 2.46. The first-order chi connectivity index (χ1) is 11.7. The van der Waals surface area contributed by atoms with Gasteiger partial charge < -0.3 is 14.4 Å². The van der Waals surface area contributed by atoms with Gasteiger partial charge in [-0.05, 0) is 48.7 Å². The number of carbonyl (C=O) groups is 1. The van der Waals surface area contributed by atoms with Crippen molar-refractivity contribution < 1.29 is 14.6 Å². The number of aromatic nitrogens is 2. The first kappa shape index (κ1) is 15.8. The van der Waals surface area contributed by atoms with Crippen LogP contribution in [-0.4, -0.2) is 57.9 Å². The van der Waals surface area contributed by atoms with Gasteiger partial charge in [0, 0.05) is 24.5 Å². The predicted octanol–water partition coefficient (Wildman–Crippen LogP) is 1.32. The van der Waals surface area contributed by atoms with Crippen LogP contribution in [-0.2, 0) is 15.1 Å². The number of piperidine rings is 3. The van der Waals surface area contributed by atoms with Crippen LogP contribution in [0.1, 0.15) is 18.4 Å². The van der Waals surface area contributed by atoms with Gasteiger partial charge in [-0.25, -0.2) is 9.78 Å². The Morgan fingerprint density at radius 1 is 1.46 bits per heavy atom. The van der Waals surface area contributed by atoms with E-state index in [-0.39, 0.29) is 12.7 Å². The van der Waals surface area contributed by atoms with Crippen molar-refractivity contribution >= 4 is 17.3 Å². The fraction of sp³-hybridized carbons (Fsp3) is 0.529. The molecule has 2 unspecified atom stereocenters. The summed E-state index contributed by atoms with van der Waals surface area (Å²) in [7, 11) is 0. The van der Waals surface area contributed by atoms with Crippen molar-refractivity contribution in [2.45, 2.75) is 24.5 Å². The van der Waals surface area contributed by atoms with Crippen molar-refractivity contribution in [1.29, 1.82) is 0 Å². The summed E-state index contributed by atoms with van der Waals surface area (Å²) in [5.41, 5.74) is -0.526. The molecule has 3 aliphatic rings. The Morgan fingerprint density at radius 3 is 2.83 bits per heavy atom. The van der Waals surface area contributed by atoms with Gasteiger partial charge in [0.15, 0.2) is 5.54 Å². The number of hydrogen-bond donors (Lipinski definition) is 1. The van der Waals surface area contributed by atoms with Crippen LogP contribution in [0.5, 0.6) is 0 Å². The van der Waals surface area contributed by atoms with Crippen molar-refractivity contribution in [2.75, 3.05) is 26.2 Å². The first-order valence-electron chi connectivity index (χ1n) is 8.29. The van der Waals surface area contributed by atoms with Crippen molar-refractivity contribution in [3.05, 3.63) is 41.1 Å². The highest BCUT2D eigenvalue weighted by Crippen LogP contribution is 2.34. The first-order valence-corrected chi connectivity index (χ1v) is 9.24. The second kappa shape index (κ2) is 6.31. The van der Waals surface area contributed by atoms with E-state index in [9.17, 15) is 9.90 Å². The molecule has 2 aromatic rings. The Bertz CT molecular complexity index is 644. The fourth-order valence-corrected chi connectivity index (χ4v) is 4.60. The molecule has 0 aliphatic carbocycles. The number of hydrogen-bond acceptors (Lipinski definition) is 6. The largest absolute Gasteiger partial charge is 0.459 e. The lowest BCUT2D eigenvalue weighted by Crippen LogP contribution is -2.55. The van der Waals surface area contributed by atoms with E-state index in [1.807, 2.05) is 16.8 Å². The van der Waals surface area contributed by atoms with Gasteiger partial charge in [0.1, 0.15) is 6.10 Å². The van der Waals surface area contributed by atoms with E-state index in [0.29, 0.717) is 5.92 Å². The van der Waals surface area contributed by atoms with Crippen molar-refractivity contribution in [3.8, 4) is 0 Å². The SMILES string of the molecule is O=C(OC1CN2CCC1CC2)C(CO)(c1ccsc1)n1ccnc1. The number of fused-ring (bicyclic) bond motifs is 3. The third-order valence-corrected chi connectivity index (χ3v) is 6.05. The molecule has 2 bridgehead atoms. The van der Waals surface area contributed by atoms with Crippen molar-refractivity contribution in [1.82, 2.24) is 14.5 Å². The summed E-state index contributed by atoms with van der Waals surface area (Å²) in [5, 5.41) is 14.0. The van der Waals surface area contributed by atoms with Crippen LogP contribution in [0.3, 0.4) is 0 Å². The van der Waals surface area contributed by atoms with E-state index in [2.05, 4.69) is 9.88 Å². The number of carbonyl (C=O) groups excluding carboxylic acids is 1. The van der Waals surface area contributed by atoms with Gasteiger partial charge in [0.2, 0.25) is 0 Å². The Balaban J connectivity index is 1.65. The molecule has 6 nitrogen and oxygen atoms in total. The molecule has 3 fully saturated rings. The fourth-order valence-electron chi connectivity index (χ4n) is 3.87. The lowest BCUT2D eigenvalue weighted by atomic mass is 9.85. The molecule has 5 heterocycles. The number of imidazole rings is 1. The molecule has 0 spiro atoms. The zero-order valence-electron chi connectivity index (χ0n) is 13.4. The molecular weight excluding hydrogens is 326 g/mol. The molecule has 24 heavy (non-hydrogen) atoms. The second-order valence-electron chi connectivity index (χ2n) is 6.58. The topological polar surface area (TPSA) is 67.6 Å². The molecule has 0 saturated carbocycles. The van der Waals surface area contributed by atoms with Gasteiger partial charge in [-0.15, -0.1) is 0 Å². The maximum absolute atomic E-state index is 13.2. The highest BCUT2D eigenvalue weighted by molar-refractivity contribution is 7.08. The Morgan fingerprint density at radius 2 is 2.29 bits per heavy atom. The van der Waals surface area contributed by atoms with Crippen LogP contribution in [0, 0.1) is 5.92 Å². The minimum atomic E-state index is -1.26. The zero-order chi connectivity index (χ0) is 16.6. The van der Waals surface area contributed by atoms with E-state index in [0.717, 1.165) is 38.0 Å². The van der Waals surface area contributed by atoms with Crippen LogP contribution >= 0.6 is 11.3 Å². The summed E-state index contributed by atoms with van der Waals surface area (Å²) in [6.45, 7) is 2.62. The van der Waals surface area contributed by atoms with E-state index in [1.165, 1.54) is 11.3 Å². The van der Waals surface area contributed by atoms with Crippen LogP contribution < -0.4 is 0 Å². The molecule has 3 saturated heterocycles. The third-order valence-electron chi connectivity index (χ3n) is 5.37. The molecule has 5 rings (SSSR count). The van der Waals surface area contributed by atoms with Crippen LogP contribution in [0.25, 0.3) is 0 Å². The molecule has 0 amide bonds. The van der Waals surface area contributed by atoms with Crippen LogP contribution in [0.2, 0.25) is 0 Å². The van der Waals surface area contributed by atoms with Gasteiger partial charge in [0.05, 0.1) is 12.9 Å². The maximum atomic E-state index is 13.2. The Hall–Kier alpha value is -1.70. The quantitative estimate of drug-likeness (QED) is 0.826. The maximum Gasteiger partial charge on any atom is 0.339 e. The minimum absolute atomic E-state index is 0.0897. The molecule has 0 radical (unpaired) electrons. The van der Waals surface area contributed by atoms with Gasteiger partial charge >= 0.3 is 5.97 Å².